The molecule has 4 heteroatoms. The van der Waals surface area contributed by atoms with Crippen molar-refractivity contribution in [2.24, 2.45) is 18.7 Å². The third-order valence-corrected chi connectivity index (χ3v) is 4.09. The monoisotopic (exact) mass is 265 g/mol. The summed E-state index contributed by atoms with van der Waals surface area (Å²) >= 11 is 0. The predicted molar refractivity (Wildman–Crippen MR) is 77.0 cm³/mol. The number of aromatic nitrogens is 2. The van der Waals surface area contributed by atoms with Crippen LogP contribution in [0.15, 0.2) is 6.07 Å². The standard InChI is InChI=1S/C15H27N3O/c1-4-13-10-14(18(3)17-13)9-12(16)6-11-7-15(8-11)19-5-2/h10-12,15H,4-9,16H2,1-3H3. The first kappa shape index (κ1) is 14.5. The molecule has 0 radical (unpaired) electrons. The maximum absolute atomic E-state index is 6.27. The molecule has 2 rings (SSSR count). The Balaban J connectivity index is 1.75. The van der Waals surface area contributed by atoms with Gasteiger partial charge >= 0.3 is 0 Å². The van der Waals surface area contributed by atoms with Crippen LogP contribution in [0.4, 0.5) is 0 Å². The normalized spacial score (nSPS) is 24.2. The van der Waals surface area contributed by atoms with E-state index in [0.717, 1.165) is 37.5 Å². The molecule has 1 saturated carbocycles. The molecule has 0 aromatic carbocycles. The fraction of sp³-hybridized carbons (Fsp3) is 0.800. The summed E-state index contributed by atoms with van der Waals surface area (Å²) in [4.78, 5) is 0. The van der Waals surface area contributed by atoms with Crippen molar-refractivity contribution in [1.82, 2.24) is 9.78 Å². The summed E-state index contributed by atoms with van der Waals surface area (Å²) in [6.07, 6.45) is 5.89. The van der Waals surface area contributed by atoms with Crippen molar-refractivity contribution in [3.05, 3.63) is 17.5 Å². The van der Waals surface area contributed by atoms with Gasteiger partial charge in [0.1, 0.15) is 0 Å². The van der Waals surface area contributed by atoms with E-state index in [1.807, 2.05) is 11.7 Å². The summed E-state index contributed by atoms with van der Waals surface area (Å²) in [6, 6.07) is 2.43. The van der Waals surface area contributed by atoms with E-state index < -0.39 is 0 Å². The second-order valence-electron chi connectivity index (χ2n) is 5.72. The Morgan fingerprint density at radius 2 is 2.21 bits per heavy atom. The minimum Gasteiger partial charge on any atom is -0.378 e. The van der Waals surface area contributed by atoms with Gasteiger partial charge in [-0.1, -0.05) is 6.92 Å². The average molecular weight is 265 g/mol. The lowest BCUT2D eigenvalue weighted by Gasteiger charge is -2.36. The van der Waals surface area contributed by atoms with E-state index in [-0.39, 0.29) is 6.04 Å². The zero-order valence-electron chi connectivity index (χ0n) is 12.4. The number of hydrogen-bond acceptors (Lipinski definition) is 3. The fourth-order valence-electron chi connectivity index (χ4n) is 2.95. The molecule has 4 nitrogen and oxygen atoms in total. The molecule has 0 bridgehead atoms. The first-order valence-corrected chi connectivity index (χ1v) is 7.51. The Hall–Kier alpha value is -0.870. The third-order valence-electron chi connectivity index (χ3n) is 4.09. The molecule has 0 spiro atoms. The molecular formula is C15H27N3O. The van der Waals surface area contributed by atoms with Crippen molar-refractivity contribution < 1.29 is 4.74 Å². The van der Waals surface area contributed by atoms with E-state index in [1.165, 1.54) is 18.5 Å². The highest BCUT2D eigenvalue weighted by Gasteiger charge is 2.30. The molecule has 1 aliphatic carbocycles. The van der Waals surface area contributed by atoms with E-state index in [2.05, 4.69) is 25.0 Å². The number of aryl methyl sites for hydroxylation is 2. The first-order chi connectivity index (χ1) is 9.12. The van der Waals surface area contributed by atoms with E-state index >= 15 is 0 Å². The van der Waals surface area contributed by atoms with Crippen LogP contribution < -0.4 is 5.73 Å². The summed E-state index contributed by atoms with van der Waals surface area (Å²) in [7, 11) is 2.01. The summed E-state index contributed by atoms with van der Waals surface area (Å²) in [5.74, 6) is 0.755. The molecule has 0 amide bonds. The predicted octanol–water partition coefficient (Wildman–Crippen LogP) is 2.06. The van der Waals surface area contributed by atoms with E-state index in [1.54, 1.807) is 0 Å². The van der Waals surface area contributed by atoms with Crippen molar-refractivity contribution in [2.75, 3.05) is 6.61 Å². The van der Waals surface area contributed by atoms with Crippen LogP contribution in [0, 0.1) is 5.92 Å². The fourth-order valence-corrected chi connectivity index (χ4v) is 2.95. The second-order valence-corrected chi connectivity index (χ2v) is 5.72. The van der Waals surface area contributed by atoms with E-state index in [4.69, 9.17) is 10.5 Å². The van der Waals surface area contributed by atoms with Crippen molar-refractivity contribution in [3.63, 3.8) is 0 Å². The van der Waals surface area contributed by atoms with Crippen molar-refractivity contribution >= 4 is 0 Å². The van der Waals surface area contributed by atoms with E-state index in [9.17, 15) is 0 Å². The highest BCUT2D eigenvalue weighted by Crippen LogP contribution is 2.33. The van der Waals surface area contributed by atoms with Crippen LogP contribution in [0.5, 0.6) is 0 Å². The van der Waals surface area contributed by atoms with Crippen molar-refractivity contribution in [2.45, 2.75) is 58.1 Å². The molecular weight excluding hydrogens is 238 g/mol. The van der Waals surface area contributed by atoms with Crippen LogP contribution in [0.1, 0.15) is 44.5 Å². The Labute approximate surface area is 116 Å². The molecule has 1 aromatic rings. The smallest absolute Gasteiger partial charge is 0.0624 e. The maximum Gasteiger partial charge on any atom is 0.0624 e. The van der Waals surface area contributed by atoms with Gasteiger partial charge in [0.15, 0.2) is 0 Å². The molecule has 1 atom stereocenters. The van der Waals surface area contributed by atoms with Crippen molar-refractivity contribution in [3.8, 4) is 0 Å². The molecule has 0 saturated heterocycles. The maximum atomic E-state index is 6.27. The van der Waals surface area contributed by atoms with Crippen LogP contribution >= 0.6 is 0 Å². The van der Waals surface area contributed by atoms with Gasteiger partial charge in [-0.05, 0) is 44.6 Å². The van der Waals surface area contributed by atoms with Gasteiger partial charge in [-0.25, -0.2) is 0 Å². The molecule has 19 heavy (non-hydrogen) atoms. The SMILES string of the molecule is CCOC1CC(CC(N)Cc2cc(CC)nn2C)C1. The van der Waals surface area contributed by atoms with Crippen LogP contribution in [0.3, 0.4) is 0 Å². The minimum atomic E-state index is 0.243. The highest BCUT2D eigenvalue weighted by atomic mass is 16.5. The van der Waals surface area contributed by atoms with Gasteiger partial charge in [-0.2, -0.15) is 5.10 Å². The largest absolute Gasteiger partial charge is 0.378 e. The van der Waals surface area contributed by atoms with Crippen LogP contribution in [-0.4, -0.2) is 28.5 Å². The quantitative estimate of drug-likeness (QED) is 0.821. The van der Waals surface area contributed by atoms with Gasteiger partial charge in [0.05, 0.1) is 11.8 Å². The Morgan fingerprint density at radius 3 is 2.79 bits per heavy atom. The first-order valence-electron chi connectivity index (χ1n) is 7.51. The van der Waals surface area contributed by atoms with Crippen LogP contribution in [0.2, 0.25) is 0 Å². The number of nitrogens with zero attached hydrogens (tertiary/aromatic N) is 2. The Bertz CT molecular complexity index is 396. The van der Waals surface area contributed by atoms with Gasteiger partial charge < -0.3 is 10.5 Å². The molecule has 1 aliphatic rings. The zero-order chi connectivity index (χ0) is 13.8. The molecule has 1 heterocycles. The molecule has 1 unspecified atom stereocenters. The summed E-state index contributed by atoms with van der Waals surface area (Å²) < 4.78 is 7.56. The number of nitrogens with two attached hydrogens (primary N) is 1. The summed E-state index contributed by atoms with van der Waals surface area (Å²) in [5.41, 5.74) is 8.69. The Kier molecular flexibility index (Phi) is 4.99. The number of rotatable bonds is 7. The summed E-state index contributed by atoms with van der Waals surface area (Å²) in [5, 5.41) is 4.47. The van der Waals surface area contributed by atoms with Crippen molar-refractivity contribution in [1.29, 1.82) is 0 Å². The lowest BCUT2D eigenvalue weighted by Crippen LogP contribution is -2.36. The van der Waals surface area contributed by atoms with Gasteiger partial charge in [0, 0.05) is 31.8 Å². The van der Waals surface area contributed by atoms with Gasteiger partial charge in [0.2, 0.25) is 0 Å². The molecule has 1 aromatic heterocycles. The highest BCUT2D eigenvalue weighted by molar-refractivity contribution is 5.11. The third kappa shape index (κ3) is 3.80. The van der Waals surface area contributed by atoms with Crippen LogP contribution in [0.25, 0.3) is 0 Å². The molecule has 2 N–H and O–H groups in total. The van der Waals surface area contributed by atoms with Gasteiger partial charge in [-0.3, -0.25) is 4.68 Å². The average Bonchev–Trinajstić information content (AvgIpc) is 2.67. The number of ether oxygens (including phenoxy) is 1. The van der Waals surface area contributed by atoms with Gasteiger partial charge in [0.25, 0.3) is 0 Å². The summed E-state index contributed by atoms with van der Waals surface area (Å²) in [6.45, 7) is 5.03. The van der Waals surface area contributed by atoms with Crippen LogP contribution in [-0.2, 0) is 24.6 Å². The lowest BCUT2D eigenvalue weighted by molar-refractivity contribution is -0.0281. The van der Waals surface area contributed by atoms with Gasteiger partial charge in [-0.15, -0.1) is 0 Å². The topological polar surface area (TPSA) is 53.1 Å². The minimum absolute atomic E-state index is 0.243. The zero-order valence-corrected chi connectivity index (χ0v) is 12.4. The Morgan fingerprint density at radius 1 is 1.47 bits per heavy atom. The number of hydrogen-bond donors (Lipinski definition) is 1. The molecule has 108 valence electrons. The van der Waals surface area contributed by atoms with E-state index in [0.29, 0.717) is 6.10 Å². The second kappa shape index (κ2) is 6.53. The lowest BCUT2D eigenvalue weighted by atomic mass is 9.78. The molecule has 0 aliphatic heterocycles. The molecule has 1 fully saturated rings.